The molecule has 0 fully saturated rings. The number of benzene rings is 1. The first-order valence-corrected chi connectivity index (χ1v) is 7.85. The second kappa shape index (κ2) is 5.07. The summed E-state index contributed by atoms with van der Waals surface area (Å²) < 4.78 is 4.19. The highest BCUT2D eigenvalue weighted by Gasteiger charge is 2.21. The van der Waals surface area contributed by atoms with Crippen molar-refractivity contribution in [3.8, 4) is 0 Å². The summed E-state index contributed by atoms with van der Waals surface area (Å²) in [6.07, 6.45) is 1.08. The summed E-state index contributed by atoms with van der Waals surface area (Å²) in [5.74, 6) is 1.93. The smallest absolute Gasteiger partial charge is 0.203 e. The minimum Gasteiger partial charge on any atom is -0.353 e. The first-order valence-electron chi connectivity index (χ1n) is 5.71. The molecular weight excluding hydrogens is 286 g/mol. The Kier molecular flexibility index (Phi) is 3.46. The summed E-state index contributed by atoms with van der Waals surface area (Å²) >= 11 is 9.38. The Hall–Kier alpha value is -0.780. The number of nitrogens with zero attached hydrogens (tertiary/aromatic N) is 2. The first kappa shape index (κ1) is 12.3. The van der Waals surface area contributed by atoms with E-state index in [2.05, 4.69) is 26.8 Å². The van der Waals surface area contributed by atoms with Gasteiger partial charge in [-0.3, -0.25) is 0 Å². The molecule has 1 aromatic carbocycles. The van der Waals surface area contributed by atoms with Crippen molar-refractivity contribution in [1.29, 1.82) is 0 Å². The van der Waals surface area contributed by atoms with Gasteiger partial charge in [-0.15, -0.1) is 11.8 Å². The molecule has 2 heterocycles. The van der Waals surface area contributed by atoms with Crippen LogP contribution in [-0.2, 0) is 0 Å². The molecule has 0 spiro atoms. The van der Waals surface area contributed by atoms with Gasteiger partial charge in [-0.2, -0.15) is 4.37 Å². The number of hydrogen-bond acceptors (Lipinski definition) is 5. The molecule has 3 nitrogen and oxygen atoms in total. The Morgan fingerprint density at radius 2 is 2.33 bits per heavy atom. The van der Waals surface area contributed by atoms with E-state index in [-0.39, 0.29) is 6.04 Å². The van der Waals surface area contributed by atoms with Crippen molar-refractivity contribution in [2.24, 2.45) is 0 Å². The summed E-state index contributed by atoms with van der Waals surface area (Å²) in [5.41, 5.74) is 1.27. The van der Waals surface area contributed by atoms with Crippen molar-refractivity contribution in [2.45, 2.75) is 24.3 Å². The number of thioether (sulfide) groups is 1. The molecule has 1 N–H and O–H groups in total. The molecule has 1 aliphatic rings. The average Bonchev–Trinajstić information content (AvgIpc) is 2.76. The standard InChI is InChI=1S/C12H12ClN3S2/c1-7-14-12(18-16-7)15-10-4-5-17-11-3-2-8(13)6-9(10)11/h2-3,6,10H,4-5H2,1H3,(H,14,15,16). The summed E-state index contributed by atoms with van der Waals surface area (Å²) in [4.78, 5) is 5.67. The maximum absolute atomic E-state index is 6.09. The lowest BCUT2D eigenvalue weighted by Gasteiger charge is -2.25. The van der Waals surface area contributed by atoms with Gasteiger partial charge in [0.25, 0.3) is 0 Å². The zero-order valence-electron chi connectivity index (χ0n) is 9.81. The van der Waals surface area contributed by atoms with E-state index in [0.717, 1.165) is 28.2 Å². The van der Waals surface area contributed by atoms with Crippen LogP contribution in [0.3, 0.4) is 0 Å². The summed E-state index contributed by atoms with van der Waals surface area (Å²) in [6.45, 7) is 1.91. The topological polar surface area (TPSA) is 37.8 Å². The van der Waals surface area contributed by atoms with Crippen LogP contribution < -0.4 is 5.32 Å². The molecule has 6 heteroatoms. The fraction of sp³-hybridized carbons (Fsp3) is 0.333. The fourth-order valence-corrected chi connectivity index (χ4v) is 3.93. The van der Waals surface area contributed by atoms with E-state index in [1.54, 1.807) is 0 Å². The molecule has 0 amide bonds. The van der Waals surface area contributed by atoms with Crippen LogP contribution in [0.15, 0.2) is 23.1 Å². The SMILES string of the molecule is Cc1nsc(NC2CCSc3ccc(Cl)cc32)n1. The summed E-state index contributed by atoms with van der Waals surface area (Å²) in [5, 5.41) is 5.13. The van der Waals surface area contributed by atoms with Crippen molar-refractivity contribution in [3.05, 3.63) is 34.6 Å². The molecule has 1 aliphatic heterocycles. The second-order valence-electron chi connectivity index (χ2n) is 4.16. The molecule has 18 heavy (non-hydrogen) atoms. The molecule has 0 saturated carbocycles. The zero-order chi connectivity index (χ0) is 12.5. The maximum Gasteiger partial charge on any atom is 0.203 e. The largest absolute Gasteiger partial charge is 0.353 e. The maximum atomic E-state index is 6.09. The third-order valence-electron chi connectivity index (χ3n) is 2.84. The quantitative estimate of drug-likeness (QED) is 0.903. The van der Waals surface area contributed by atoms with Gasteiger partial charge in [0.15, 0.2) is 0 Å². The number of aromatic nitrogens is 2. The van der Waals surface area contributed by atoms with Crippen molar-refractivity contribution in [1.82, 2.24) is 9.36 Å². The Balaban J connectivity index is 1.88. The molecule has 0 radical (unpaired) electrons. The third kappa shape index (κ3) is 2.48. The number of nitrogens with one attached hydrogen (secondary N) is 1. The van der Waals surface area contributed by atoms with Crippen LogP contribution in [-0.4, -0.2) is 15.1 Å². The van der Waals surface area contributed by atoms with E-state index < -0.39 is 0 Å². The Morgan fingerprint density at radius 3 is 3.11 bits per heavy atom. The highest BCUT2D eigenvalue weighted by atomic mass is 35.5. The number of hydrogen-bond donors (Lipinski definition) is 1. The average molecular weight is 298 g/mol. The number of aryl methyl sites for hydroxylation is 1. The van der Waals surface area contributed by atoms with Crippen LogP contribution in [0.5, 0.6) is 0 Å². The molecular formula is C12H12ClN3S2. The monoisotopic (exact) mass is 297 g/mol. The van der Waals surface area contributed by atoms with Gasteiger partial charge in [-0.25, -0.2) is 4.98 Å². The van der Waals surface area contributed by atoms with E-state index in [0.29, 0.717) is 0 Å². The number of rotatable bonds is 2. The molecule has 3 rings (SSSR count). The van der Waals surface area contributed by atoms with Gasteiger partial charge in [-0.1, -0.05) is 11.6 Å². The molecule has 0 bridgehead atoms. The van der Waals surface area contributed by atoms with Gasteiger partial charge in [0.1, 0.15) is 5.82 Å². The molecule has 1 unspecified atom stereocenters. The van der Waals surface area contributed by atoms with Gasteiger partial charge >= 0.3 is 0 Å². The minimum absolute atomic E-state index is 0.285. The van der Waals surface area contributed by atoms with Crippen molar-refractivity contribution >= 4 is 40.0 Å². The Labute approximate surface area is 119 Å². The molecule has 1 atom stereocenters. The fourth-order valence-electron chi connectivity index (χ4n) is 2.02. The van der Waals surface area contributed by atoms with Gasteiger partial charge in [0, 0.05) is 27.2 Å². The zero-order valence-corrected chi connectivity index (χ0v) is 12.2. The van der Waals surface area contributed by atoms with Crippen molar-refractivity contribution in [3.63, 3.8) is 0 Å². The number of halogens is 1. The van der Waals surface area contributed by atoms with Crippen LogP contribution in [0.4, 0.5) is 5.13 Å². The van der Waals surface area contributed by atoms with Crippen LogP contribution in [0.1, 0.15) is 23.9 Å². The van der Waals surface area contributed by atoms with E-state index >= 15 is 0 Å². The van der Waals surface area contributed by atoms with Gasteiger partial charge < -0.3 is 5.32 Å². The number of anilines is 1. The van der Waals surface area contributed by atoms with Crippen LogP contribution in [0, 0.1) is 6.92 Å². The van der Waals surface area contributed by atoms with Gasteiger partial charge in [0.05, 0.1) is 6.04 Å². The van der Waals surface area contributed by atoms with Gasteiger partial charge in [-0.05, 0) is 37.1 Å². The lowest BCUT2D eigenvalue weighted by atomic mass is 10.0. The third-order valence-corrected chi connectivity index (χ3v) is 4.93. The van der Waals surface area contributed by atoms with Crippen molar-refractivity contribution < 1.29 is 0 Å². The predicted molar refractivity (Wildman–Crippen MR) is 77.8 cm³/mol. The number of fused-ring (bicyclic) bond motifs is 1. The summed E-state index contributed by atoms with van der Waals surface area (Å²) in [7, 11) is 0. The lowest BCUT2D eigenvalue weighted by molar-refractivity contribution is 0.727. The lowest BCUT2D eigenvalue weighted by Crippen LogP contribution is -2.16. The Morgan fingerprint density at radius 1 is 1.44 bits per heavy atom. The van der Waals surface area contributed by atoms with Gasteiger partial charge in [0.2, 0.25) is 5.13 Å². The highest BCUT2D eigenvalue weighted by Crippen LogP contribution is 2.39. The van der Waals surface area contributed by atoms with Crippen LogP contribution in [0.25, 0.3) is 0 Å². The van der Waals surface area contributed by atoms with Crippen LogP contribution in [0.2, 0.25) is 5.02 Å². The van der Waals surface area contributed by atoms with E-state index in [4.69, 9.17) is 11.6 Å². The second-order valence-corrected chi connectivity index (χ2v) is 6.49. The van der Waals surface area contributed by atoms with Crippen molar-refractivity contribution in [2.75, 3.05) is 11.1 Å². The molecule has 94 valence electrons. The van der Waals surface area contributed by atoms with Crippen LogP contribution >= 0.6 is 34.9 Å². The van der Waals surface area contributed by atoms with E-state index in [1.807, 2.05) is 24.8 Å². The minimum atomic E-state index is 0.285. The predicted octanol–water partition coefficient (Wildman–Crippen LogP) is 4.15. The molecule has 1 aromatic heterocycles. The highest BCUT2D eigenvalue weighted by molar-refractivity contribution is 7.99. The Bertz CT molecular complexity index is 570. The molecule has 0 saturated heterocycles. The normalized spacial score (nSPS) is 18.4. The van der Waals surface area contributed by atoms with E-state index in [9.17, 15) is 0 Å². The van der Waals surface area contributed by atoms with E-state index in [1.165, 1.54) is 22.0 Å². The first-order chi connectivity index (χ1) is 8.72. The molecule has 2 aromatic rings. The summed E-state index contributed by atoms with van der Waals surface area (Å²) in [6, 6.07) is 6.38. The molecule has 0 aliphatic carbocycles.